The topological polar surface area (TPSA) is 92.7 Å². The van der Waals surface area contributed by atoms with E-state index in [2.05, 4.69) is 20.6 Å². The molecule has 0 atom stereocenters. The number of nitrogens with one attached hydrogen (secondary N) is 2. The number of aldehydes is 1. The van der Waals surface area contributed by atoms with Crippen LogP contribution in [0.3, 0.4) is 0 Å². The predicted molar refractivity (Wildman–Crippen MR) is 125 cm³/mol. The number of halogens is 3. The van der Waals surface area contributed by atoms with E-state index in [1.807, 2.05) is 6.92 Å². The minimum atomic E-state index is -4.60. The molecule has 3 rings (SSSR count). The van der Waals surface area contributed by atoms with Crippen LogP contribution in [0, 0.1) is 6.92 Å². The van der Waals surface area contributed by atoms with Gasteiger partial charge in [0.1, 0.15) is 11.4 Å². The number of hydrogen-bond donors (Lipinski definition) is 2. The van der Waals surface area contributed by atoms with E-state index >= 15 is 0 Å². The Morgan fingerprint density at radius 3 is 2.37 bits per heavy atom. The van der Waals surface area contributed by atoms with Crippen LogP contribution in [0.2, 0.25) is 0 Å². The molecule has 0 radical (unpaired) electrons. The first-order valence-corrected chi connectivity index (χ1v) is 10.3. The van der Waals surface area contributed by atoms with Gasteiger partial charge in [-0.3, -0.25) is 14.9 Å². The van der Waals surface area contributed by atoms with Gasteiger partial charge in [-0.25, -0.2) is 9.98 Å². The fraction of sp³-hybridized carbons (Fsp3) is 0.120. The van der Waals surface area contributed by atoms with Crippen LogP contribution in [0.1, 0.15) is 21.6 Å². The van der Waals surface area contributed by atoms with Gasteiger partial charge in [-0.05, 0) is 42.8 Å². The number of carbonyl (C=O) groups excluding carboxylic acids is 2. The Bertz CT molecular complexity index is 1220. The van der Waals surface area contributed by atoms with Gasteiger partial charge in [-0.1, -0.05) is 35.9 Å². The van der Waals surface area contributed by atoms with Crippen molar-refractivity contribution in [1.29, 1.82) is 0 Å². The normalized spacial score (nSPS) is 12.1. The maximum absolute atomic E-state index is 13.5. The summed E-state index contributed by atoms with van der Waals surface area (Å²) in [6.07, 6.45) is -3.39. The molecule has 180 valence electrons. The molecular weight excluding hydrogens is 461 g/mol. The number of hydrogen-bond acceptors (Lipinski definition) is 5. The molecule has 0 unspecified atom stereocenters. The molecule has 0 fully saturated rings. The number of rotatable bonds is 8. The standard InChI is InChI=1S/C25H21F3N4O3/c1-17-5-7-18(8-6-17)13-19(25(26,27)28)14-29-24(30-16-34)32-20-9-11-22(12-10-20)35-23-4-2-3-21(15-33)31-23/h2-12,14-16H,13H2,1H3,(H2,29,30,32,34)/b19-14+. The van der Waals surface area contributed by atoms with Gasteiger partial charge in [0.25, 0.3) is 0 Å². The number of guanidine groups is 1. The molecular formula is C25H21F3N4O3. The summed E-state index contributed by atoms with van der Waals surface area (Å²) in [4.78, 5) is 29.6. The van der Waals surface area contributed by atoms with Crippen LogP contribution in [0.4, 0.5) is 18.9 Å². The molecule has 1 aromatic heterocycles. The second-order valence-electron chi connectivity index (χ2n) is 7.32. The van der Waals surface area contributed by atoms with E-state index in [9.17, 15) is 22.8 Å². The Kier molecular flexibility index (Phi) is 8.33. The second-order valence-corrected chi connectivity index (χ2v) is 7.32. The van der Waals surface area contributed by atoms with Crippen LogP contribution in [0.25, 0.3) is 0 Å². The number of alkyl halides is 3. The zero-order valence-corrected chi connectivity index (χ0v) is 18.5. The Hall–Kier alpha value is -4.47. The van der Waals surface area contributed by atoms with Crippen molar-refractivity contribution in [1.82, 2.24) is 10.3 Å². The number of allylic oxidation sites excluding steroid dienone is 1. The first-order chi connectivity index (χ1) is 16.8. The molecule has 0 aliphatic carbocycles. The number of nitrogens with zero attached hydrogens (tertiary/aromatic N) is 2. The number of amides is 1. The average molecular weight is 482 g/mol. The Morgan fingerprint density at radius 1 is 1.03 bits per heavy atom. The average Bonchev–Trinajstić information content (AvgIpc) is 2.83. The number of aromatic nitrogens is 1. The molecule has 3 aromatic rings. The number of aryl methyl sites for hydroxylation is 1. The molecule has 0 spiro atoms. The van der Waals surface area contributed by atoms with Crippen molar-refractivity contribution in [2.75, 3.05) is 5.32 Å². The van der Waals surface area contributed by atoms with E-state index in [4.69, 9.17) is 4.74 Å². The highest BCUT2D eigenvalue weighted by atomic mass is 19.4. The molecule has 2 aromatic carbocycles. The lowest BCUT2D eigenvalue weighted by atomic mass is 10.0. The molecule has 0 saturated heterocycles. The first kappa shape index (κ1) is 25.2. The van der Waals surface area contributed by atoms with Crippen molar-refractivity contribution >= 4 is 24.3 Å². The van der Waals surface area contributed by atoms with E-state index in [1.165, 1.54) is 6.07 Å². The number of benzene rings is 2. The molecule has 0 aliphatic rings. The monoisotopic (exact) mass is 482 g/mol. The van der Waals surface area contributed by atoms with Crippen molar-refractivity contribution in [2.45, 2.75) is 19.5 Å². The quantitative estimate of drug-likeness (QED) is 0.262. The number of anilines is 1. The van der Waals surface area contributed by atoms with Gasteiger partial charge in [0.15, 0.2) is 6.29 Å². The molecule has 0 aliphatic heterocycles. The van der Waals surface area contributed by atoms with Crippen molar-refractivity contribution in [3.05, 3.63) is 95.3 Å². The third-order valence-electron chi connectivity index (χ3n) is 4.63. The third kappa shape index (κ3) is 7.81. The van der Waals surface area contributed by atoms with Gasteiger partial charge >= 0.3 is 6.18 Å². The number of ether oxygens (including phenoxy) is 1. The van der Waals surface area contributed by atoms with Gasteiger partial charge in [-0.2, -0.15) is 13.2 Å². The summed E-state index contributed by atoms with van der Waals surface area (Å²) in [6, 6.07) is 17.7. The second kappa shape index (κ2) is 11.6. The van der Waals surface area contributed by atoms with Crippen LogP contribution >= 0.6 is 0 Å². The minimum absolute atomic E-state index is 0.195. The van der Waals surface area contributed by atoms with Crippen LogP contribution < -0.4 is 15.4 Å². The van der Waals surface area contributed by atoms with E-state index in [0.717, 1.165) is 5.56 Å². The Morgan fingerprint density at radius 2 is 1.74 bits per heavy atom. The molecule has 10 heteroatoms. The lowest BCUT2D eigenvalue weighted by Gasteiger charge is -2.12. The molecule has 0 saturated carbocycles. The molecule has 7 nitrogen and oxygen atoms in total. The summed E-state index contributed by atoms with van der Waals surface area (Å²) in [5.74, 6) is 0.434. The summed E-state index contributed by atoms with van der Waals surface area (Å²) in [5, 5.41) is 4.99. The van der Waals surface area contributed by atoms with Gasteiger partial charge in [-0.15, -0.1) is 0 Å². The zero-order chi connectivity index (χ0) is 25.3. The molecule has 1 heterocycles. The molecule has 0 bridgehead atoms. The molecule has 35 heavy (non-hydrogen) atoms. The number of aliphatic imine (C=N–C) groups is 1. The summed E-state index contributed by atoms with van der Waals surface area (Å²) >= 11 is 0. The van der Waals surface area contributed by atoms with Crippen molar-refractivity contribution < 1.29 is 27.5 Å². The highest BCUT2D eigenvalue weighted by Crippen LogP contribution is 2.29. The summed E-state index contributed by atoms with van der Waals surface area (Å²) in [7, 11) is 0. The number of carbonyl (C=O) groups is 2. The molecule has 1 amide bonds. The predicted octanol–water partition coefficient (Wildman–Crippen LogP) is 5.20. The first-order valence-electron chi connectivity index (χ1n) is 10.3. The van der Waals surface area contributed by atoms with Gasteiger partial charge < -0.3 is 10.1 Å². The summed E-state index contributed by atoms with van der Waals surface area (Å²) in [6.45, 7) is 1.85. The van der Waals surface area contributed by atoms with E-state index in [1.54, 1.807) is 60.7 Å². The third-order valence-corrected chi connectivity index (χ3v) is 4.63. The Balaban J connectivity index is 1.75. The largest absolute Gasteiger partial charge is 0.439 e. The van der Waals surface area contributed by atoms with Crippen LogP contribution in [-0.2, 0) is 11.2 Å². The molecule has 2 N–H and O–H groups in total. The van der Waals surface area contributed by atoms with E-state index in [-0.39, 0.29) is 24.0 Å². The lowest BCUT2D eigenvalue weighted by molar-refractivity contribution is -0.108. The Labute approximate surface area is 199 Å². The summed E-state index contributed by atoms with van der Waals surface area (Å²) in [5.41, 5.74) is 1.20. The van der Waals surface area contributed by atoms with Gasteiger partial charge in [0, 0.05) is 24.4 Å². The van der Waals surface area contributed by atoms with Crippen LogP contribution in [0.5, 0.6) is 11.6 Å². The summed E-state index contributed by atoms with van der Waals surface area (Å²) < 4.78 is 46.2. The fourth-order valence-electron chi connectivity index (χ4n) is 2.87. The van der Waals surface area contributed by atoms with Gasteiger partial charge in [0.2, 0.25) is 18.2 Å². The van der Waals surface area contributed by atoms with Crippen molar-refractivity contribution in [2.24, 2.45) is 4.99 Å². The van der Waals surface area contributed by atoms with Gasteiger partial charge in [0.05, 0.1) is 5.57 Å². The van der Waals surface area contributed by atoms with Crippen LogP contribution in [0.15, 0.2) is 83.5 Å². The smallest absolute Gasteiger partial charge is 0.414 e. The minimum Gasteiger partial charge on any atom is -0.439 e. The zero-order valence-electron chi connectivity index (χ0n) is 18.5. The fourth-order valence-corrected chi connectivity index (χ4v) is 2.87. The SMILES string of the molecule is Cc1ccc(C/C(=C\N=C(NC=O)Nc2ccc(Oc3cccc(C=O)n3)cc2)C(F)(F)F)cc1. The maximum atomic E-state index is 13.5. The maximum Gasteiger partial charge on any atom is 0.414 e. The van der Waals surface area contributed by atoms with E-state index < -0.39 is 11.7 Å². The highest BCUT2D eigenvalue weighted by Gasteiger charge is 2.33. The van der Waals surface area contributed by atoms with Crippen LogP contribution in [-0.4, -0.2) is 29.8 Å². The number of pyridine rings is 1. The lowest BCUT2D eigenvalue weighted by Crippen LogP contribution is -2.29. The highest BCUT2D eigenvalue weighted by molar-refractivity contribution is 5.99. The van der Waals surface area contributed by atoms with E-state index in [0.29, 0.717) is 35.9 Å². The van der Waals surface area contributed by atoms with Crippen molar-refractivity contribution in [3.8, 4) is 11.6 Å². The van der Waals surface area contributed by atoms with Crippen molar-refractivity contribution in [3.63, 3.8) is 0 Å².